The summed E-state index contributed by atoms with van der Waals surface area (Å²) in [4.78, 5) is 22.2. The second-order valence-corrected chi connectivity index (χ2v) is 4.19. The van der Waals surface area contributed by atoms with Crippen LogP contribution in [0.3, 0.4) is 0 Å². The van der Waals surface area contributed by atoms with Gasteiger partial charge in [0.05, 0.1) is 13.0 Å². The van der Waals surface area contributed by atoms with Gasteiger partial charge < -0.3 is 10.1 Å². The van der Waals surface area contributed by atoms with E-state index in [2.05, 4.69) is 19.2 Å². The summed E-state index contributed by atoms with van der Waals surface area (Å²) in [6, 6.07) is 0. The summed E-state index contributed by atoms with van der Waals surface area (Å²) in [5.41, 5.74) is 0. The SMILES string of the molecule is CCOC(=O)CCC(=O)NCCCC(C)C. The Morgan fingerprint density at radius 1 is 1.25 bits per heavy atom. The molecule has 0 aliphatic carbocycles. The van der Waals surface area contributed by atoms with Crippen molar-refractivity contribution in [2.24, 2.45) is 5.92 Å². The molecule has 0 aromatic heterocycles. The first-order valence-electron chi connectivity index (χ1n) is 5.98. The Balaban J connectivity index is 3.41. The van der Waals surface area contributed by atoms with Crippen molar-refractivity contribution in [2.75, 3.05) is 13.2 Å². The quantitative estimate of drug-likeness (QED) is 0.510. The molecule has 0 unspecified atom stereocenters. The monoisotopic (exact) mass is 229 g/mol. The Morgan fingerprint density at radius 3 is 2.50 bits per heavy atom. The maximum Gasteiger partial charge on any atom is 0.306 e. The molecule has 0 radical (unpaired) electrons. The predicted octanol–water partition coefficient (Wildman–Crippen LogP) is 1.88. The lowest BCUT2D eigenvalue weighted by Crippen LogP contribution is -2.25. The summed E-state index contributed by atoms with van der Waals surface area (Å²) in [5.74, 6) is 0.285. The molecule has 0 rings (SSSR count). The highest BCUT2D eigenvalue weighted by Gasteiger charge is 2.06. The summed E-state index contributed by atoms with van der Waals surface area (Å²) >= 11 is 0. The second kappa shape index (κ2) is 9.19. The zero-order chi connectivity index (χ0) is 12.4. The van der Waals surface area contributed by atoms with Crippen LogP contribution < -0.4 is 5.32 Å². The first kappa shape index (κ1) is 14.9. The molecular formula is C12H23NO3. The third-order valence-electron chi connectivity index (χ3n) is 2.14. The highest BCUT2D eigenvalue weighted by Crippen LogP contribution is 2.02. The van der Waals surface area contributed by atoms with Crippen molar-refractivity contribution in [1.82, 2.24) is 5.32 Å². The normalized spacial score (nSPS) is 10.2. The highest BCUT2D eigenvalue weighted by molar-refractivity contribution is 5.81. The van der Waals surface area contributed by atoms with Gasteiger partial charge in [0, 0.05) is 13.0 Å². The lowest BCUT2D eigenvalue weighted by Gasteiger charge is -2.06. The molecule has 1 amide bonds. The number of carbonyl (C=O) groups is 2. The van der Waals surface area contributed by atoms with Gasteiger partial charge in [-0.05, 0) is 25.7 Å². The van der Waals surface area contributed by atoms with E-state index < -0.39 is 0 Å². The number of hydrogen-bond donors (Lipinski definition) is 1. The molecule has 0 aliphatic heterocycles. The number of nitrogens with one attached hydrogen (secondary N) is 1. The van der Waals surface area contributed by atoms with Crippen molar-refractivity contribution in [3.05, 3.63) is 0 Å². The van der Waals surface area contributed by atoms with E-state index in [4.69, 9.17) is 4.74 Å². The number of ether oxygens (including phenoxy) is 1. The molecule has 0 spiro atoms. The average Bonchev–Trinajstić information content (AvgIpc) is 2.22. The van der Waals surface area contributed by atoms with Gasteiger partial charge in [0.2, 0.25) is 5.91 Å². The Morgan fingerprint density at radius 2 is 1.94 bits per heavy atom. The van der Waals surface area contributed by atoms with Crippen LogP contribution in [0.25, 0.3) is 0 Å². The van der Waals surface area contributed by atoms with E-state index in [0.29, 0.717) is 19.1 Å². The van der Waals surface area contributed by atoms with Crippen LogP contribution in [-0.4, -0.2) is 25.0 Å². The fraction of sp³-hybridized carbons (Fsp3) is 0.833. The van der Waals surface area contributed by atoms with Gasteiger partial charge in [-0.1, -0.05) is 13.8 Å². The van der Waals surface area contributed by atoms with Gasteiger partial charge >= 0.3 is 5.97 Å². The summed E-state index contributed by atoms with van der Waals surface area (Å²) in [6.07, 6.45) is 2.49. The molecule has 0 fully saturated rings. The van der Waals surface area contributed by atoms with E-state index in [1.807, 2.05) is 0 Å². The highest BCUT2D eigenvalue weighted by atomic mass is 16.5. The number of carbonyl (C=O) groups excluding carboxylic acids is 2. The molecule has 0 atom stereocenters. The van der Waals surface area contributed by atoms with E-state index in [0.717, 1.165) is 12.8 Å². The van der Waals surface area contributed by atoms with Crippen LogP contribution in [-0.2, 0) is 14.3 Å². The van der Waals surface area contributed by atoms with Crippen LogP contribution >= 0.6 is 0 Å². The van der Waals surface area contributed by atoms with E-state index >= 15 is 0 Å². The zero-order valence-corrected chi connectivity index (χ0v) is 10.5. The largest absolute Gasteiger partial charge is 0.466 e. The summed E-state index contributed by atoms with van der Waals surface area (Å²) < 4.78 is 4.73. The molecule has 0 aromatic rings. The molecule has 0 bridgehead atoms. The molecule has 4 nitrogen and oxygen atoms in total. The summed E-state index contributed by atoms with van der Waals surface area (Å²) in [6.45, 7) is 7.13. The molecule has 0 aromatic carbocycles. The Bertz CT molecular complexity index is 214. The van der Waals surface area contributed by atoms with Crippen molar-refractivity contribution < 1.29 is 14.3 Å². The molecular weight excluding hydrogens is 206 g/mol. The van der Waals surface area contributed by atoms with Gasteiger partial charge in [-0.3, -0.25) is 9.59 Å². The molecule has 94 valence electrons. The number of esters is 1. The fourth-order valence-corrected chi connectivity index (χ4v) is 1.28. The molecule has 0 aliphatic rings. The van der Waals surface area contributed by atoms with Crippen molar-refractivity contribution >= 4 is 11.9 Å². The van der Waals surface area contributed by atoms with Crippen LogP contribution in [0, 0.1) is 5.92 Å². The lowest BCUT2D eigenvalue weighted by atomic mass is 10.1. The van der Waals surface area contributed by atoms with Gasteiger partial charge in [-0.2, -0.15) is 0 Å². The molecule has 1 N–H and O–H groups in total. The first-order valence-corrected chi connectivity index (χ1v) is 5.98. The Labute approximate surface area is 97.7 Å². The second-order valence-electron chi connectivity index (χ2n) is 4.19. The van der Waals surface area contributed by atoms with Crippen LogP contribution in [0.15, 0.2) is 0 Å². The molecule has 4 heteroatoms. The summed E-state index contributed by atoms with van der Waals surface area (Å²) in [7, 11) is 0. The van der Waals surface area contributed by atoms with Crippen molar-refractivity contribution in [1.29, 1.82) is 0 Å². The van der Waals surface area contributed by atoms with Gasteiger partial charge in [-0.15, -0.1) is 0 Å². The van der Waals surface area contributed by atoms with E-state index in [1.54, 1.807) is 6.92 Å². The van der Waals surface area contributed by atoms with Crippen molar-refractivity contribution in [2.45, 2.75) is 46.5 Å². The molecule has 0 heterocycles. The third-order valence-corrected chi connectivity index (χ3v) is 2.14. The van der Waals surface area contributed by atoms with Gasteiger partial charge in [0.15, 0.2) is 0 Å². The summed E-state index contributed by atoms with van der Waals surface area (Å²) in [5, 5.41) is 2.79. The maximum absolute atomic E-state index is 11.3. The zero-order valence-electron chi connectivity index (χ0n) is 10.5. The smallest absolute Gasteiger partial charge is 0.306 e. The number of amides is 1. The van der Waals surface area contributed by atoms with Crippen LogP contribution in [0.1, 0.15) is 46.5 Å². The molecule has 0 saturated heterocycles. The number of hydrogen-bond acceptors (Lipinski definition) is 3. The van der Waals surface area contributed by atoms with Gasteiger partial charge in [0.25, 0.3) is 0 Å². The Hall–Kier alpha value is -1.06. The Kier molecular flexibility index (Phi) is 8.58. The predicted molar refractivity (Wildman–Crippen MR) is 62.9 cm³/mol. The van der Waals surface area contributed by atoms with Crippen LogP contribution in [0.4, 0.5) is 0 Å². The van der Waals surface area contributed by atoms with E-state index in [9.17, 15) is 9.59 Å². The minimum Gasteiger partial charge on any atom is -0.466 e. The maximum atomic E-state index is 11.3. The topological polar surface area (TPSA) is 55.4 Å². The van der Waals surface area contributed by atoms with Gasteiger partial charge in [-0.25, -0.2) is 0 Å². The molecule has 0 saturated carbocycles. The molecule has 16 heavy (non-hydrogen) atoms. The van der Waals surface area contributed by atoms with Crippen LogP contribution in [0.5, 0.6) is 0 Å². The van der Waals surface area contributed by atoms with E-state index in [-0.39, 0.29) is 24.7 Å². The minimum atomic E-state index is -0.306. The van der Waals surface area contributed by atoms with Crippen LogP contribution in [0.2, 0.25) is 0 Å². The minimum absolute atomic E-state index is 0.0724. The first-order chi connectivity index (χ1) is 7.56. The van der Waals surface area contributed by atoms with Crippen molar-refractivity contribution in [3.8, 4) is 0 Å². The average molecular weight is 229 g/mol. The third kappa shape index (κ3) is 9.49. The fourth-order valence-electron chi connectivity index (χ4n) is 1.28. The lowest BCUT2D eigenvalue weighted by molar-refractivity contribution is -0.144. The standard InChI is InChI=1S/C12H23NO3/c1-4-16-12(15)8-7-11(14)13-9-5-6-10(2)3/h10H,4-9H2,1-3H3,(H,13,14). The number of rotatable bonds is 8. The van der Waals surface area contributed by atoms with E-state index in [1.165, 1.54) is 0 Å². The van der Waals surface area contributed by atoms with Gasteiger partial charge in [0.1, 0.15) is 0 Å². The van der Waals surface area contributed by atoms with Crippen molar-refractivity contribution in [3.63, 3.8) is 0 Å².